The standard InChI is InChI=1S/C20H32O5/c1-2-3-6-9-15(21)12-13-17-16(18(22)14-19(17)23)10-7-4-5-8-11-20(24)25/h3,6,12-13,15-17,19,21,23H,2,4-5,7-11,14H2,1H3,(H,24,25)/b6-3-,13-12-/t15-,16+,17+,19+/m0/s1. The topological polar surface area (TPSA) is 94.8 Å². The predicted molar refractivity (Wildman–Crippen MR) is 97.1 cm³/mol. The predicted octanol–water partition coefficient (Wildman–Crippen LogP) is 3.25. The van der Waals surface area contributed by atoms with E-state index in [1.165, 1.54) is 0 Å². The van der Waals surface area contributed by atoms with Crippen molar-refractivity contribution < 1.29 is 24.9 Å². The van der Waals surface area contributed by atoms with Gasteiger partial charge in [0, 0.05) is 24.7 Å². The normalized spacial score (nSPS) is 25.2. The largest absolute Gasteiger partial charge is 0.481 e. The third kappa shape index (κ3) is 8.45. The number of aliphatic hydroxyl groups excluding tert-OH is 2. The van der Waals surface area contributed by atoms with Gasteiger partial charge in [0.2, 0.25) is 0 Å². The SMILES string of the molecule is CC/C=C\C[C@H](O)/C=C\[C@H]1[C@H](O)CC(=O)[C@@H]1CCCCCCC(=O)O. The van der Waals surface area contributed by atoms with Gasteiger partial charge in [-0.15, -0.1) is 0 Å². The number of aliphatic carboxylic acids is 1. The number of unbranched alkanes of at least 4 members (excludes halogenated alkanes) is 3. The summed E-state index contributed by atoms with van der Waals surface area (Å²) in [5.41, 5.74) is 0. The molecule has 0 aromatic rings. The molecule has 0 spiro atoms. The molecule has 1 fully saturated rings. The van der Waals surface area contributed by atoms with E-state index in [2.05, 4.69) is 0 Å². The summed E-state index contributed by atoms with van der Waals surface area (Å²) in [5, 5.41) is 28.7. The fraction of sp³-hybridized carbons (Fsp3) is 0.700. The van der Waals surface area contributed by atoms with Crippen LogP contribution in [0.5, 0.6) is 0 Å². The van der Waals surface area contributed by atoms with Crippen molar-refractivity contribution in [2.75, 3.05) is 0 Å². The van der Waals surface area contributed by atoms with Crippen LogP contribution in [0.3, 0.4) is 0 Å². The number of allylic oxidation sites excluding steroid dienone is 1. The number of Topliss-reactive ketones (excluding diaryl/α,β-unsaturated/α-hetero) is 1. The Morgan fingerprint density at radius 2 is 1.96 bits per heavy atom. The Kier molecular flexibility index (Phi) is 10.3. The summed E-state index contributed by atoms with van der Waals surface area (Å²) >= 11 is 0. The highest BCUT2D eigenvalue weighted by Crippen LogP contribution is 2.34. The molecule has 0 radical (unpaired) electrons. The van der Waals surface area contributed by atoms with Crippen LogP contribution in [0.15, 0.2) is 24.3 Å². The molecule has 25 heavy (non-hydrogen) atoms. The molecule has 5 heteroatoms. The highest BCUT2D eigenvalue weighted by atomic mass is 16.4. The molecule has 1 aliphatic rings. The first kappa shape index (κ1) is 21.6. The van der Waals surface area contributed by atoms with Crippen molar-refractivity contribution in [1.82, 2.24) is 0 Å². The highest BCUT2D eigenvalue weighted by Gasteiger charge is 2.39. The molecule has 0 aromatic carbocycles. The van der Waals surface area contributed by atoms with Crippen molar-refractivity contribution >= 4 is 11.8 Å². The molecule has 0 saturated heterocycles. The van der Waals surface area contributed by atoms with E-state index in [1.54, 1.807) is 12.2 Å². The van der Waals surface area contributed by atoms with Gasteiger partial charge in [-0.3, -0.25) is 9.59 Å². The highest BCUT2D eigenvalue weighted by molar-refractivity contribution is 5.84. The Morgan fingerprint density at radius 1 is 1.24 bits per heavy atom. The van der Waals surface area contributed by atoms with Crippen molar-refractivity contribution in [1.29, 1.82) is 0 Å². The zero-order valence-electron chi connectivity index (χ0n) is 15.1. The van der Waals surface area contributed by atoms with E-state index in [-0.39, 0.29) is 30.5 Å². The fourth-order valence-electron chi connectivity index (χ4n) is 3.32. The van der Waals surface area contributed by atoms with Crippen LogP contribution in [0.1, 0.15) is 64.7 Å². The maximum absolute atomic E-state index is 12.1. The molecular weight excluding hydrogens is 320 g/mol. The first-order valence-corrected chi connectivity index (χ1v) is 9.39. The van der Waals surface area contributed by atoms with Crippen molar-refractivity contribution in [3.63, 3.8) is 0 Å². The molecule has 1 saturated carbocycles. The lowest BCUT2D eigenvalue weighted by Crippen LogP contribution is -2.19. The minimum Gasteiger partial charge on any atom is -0.481 e. The molecule has 5 nitrogen and oxygen atoms in total. The van der Waals surface area contributed by atoms with E-state index in [0.29, 0.717) is 19.3 Å². The second kappa shape index (κ2) is 12.0. The van der Waals surface area contributed by atoms with Crippen molar-refractivity contribution in [2.45, 2.75) is 76.9 Å². The van der Waals surface area contributed by atoms with Gasteiger partial charge >= 0.3 is 5.97 Å². The van der Waals surface area contributed by atoms with Crippen LogP contribution < -0.4 is 0 Å². The summed E-state index contributed by atoms with van der Waals surface area (Å²) in [6.07, 6.45) is 12.0. The second-order valence-electron chi connectivity index (χ2n) is 6.84. The van der Waals surface area contributed by atoms with Gasteiger partial charge in [-0.25, -0.2) is 0 Å². The first-order valence-electron chi connectivity index (χ1n) is 9.39. The Bertz CT molecular complexity index is 469. The van der Waals surface area contributed by atoms with E-state index in [9.17, 15) is 19.8 Å². The zero-order chi connectivity index (χ0) is 18.7. The quantitative estimate of drug-likeness (QED) is 0.370. The molecule has 4 atom stereocenters. The number of rotatable bonds is 12. The average molecular weight is 352 g/mol. The van der Waals surface area contributed by atoms with Crippen LogP contribution in [0.4, 0.5) is 0 Å². The molecule has 1 rings (SSSR count). The van der Waals surface area contributed by atoms with Gasteiger partial charge in [0.1, 0.15) is 5.78 Å². The summed E-state index contributed by atoms with van der Waals surface area (Å²) in [7, 11) is 0. The van der Waals surface area contributed by atoms with Gasteiger partial charge in [0.05, 0.1) is 12.2 Å². The molecule has 0 aromatic heterocycles. The number of hydrogen-bond donors (Lipinski definition) is 3. The maximum atomic E-state index is 12.1. The second-order valence-corrected chi connectivity index (χ2v) is 6.84. The minimum atomic E-state index is -0.772. The van der Waals surface area contributed by atoms with E-state index in [1.807, 2.05) is 19.1 Å². The summed E-state index contributed by atoms with van der Waals surface area (Å²) in [6.45, 7) is 2.03. The van der Waals surface area contributed by atoms with Gasteiger partial charge < -0.3 is 15.3 Å². The van der Waals surface area contributed by atoms with Gasteiger partial charge in [-0.05, 0) is 25.7 Å². The van der Waals surface area contributed by atoms with Gasteiger partial charge in [-0.1, -0.05) is 50.5 Å². The molecule has 0 unspecified atom stereocenters. The third-order valence-electron chi connectivity index (χ3n) is 4.72. The Balaban J connectivity index is 2.43. The molecular formula is C20H32O5. The number of carbonyl (C=O) groups is 2. The Hall–Kier alpha value is -1.46. The van der Waals surface area contributed by atoms with Crippen LogP contribution >= 0.6 is 0 Å². The monoisotopic (exact) mass is 352 g/mol. The molecule has 142 valence electrons. The number of carboxylic acid groups (broad SMARTS) is 1. The summed E-state index contributed by atoms with van der Waals surface area (Å²) in [5.74, 6) is -1.10. The maximum Gasteiger partial charge on any atom is 0.303 e. The van der Waals surface area contributed by atoms with Crippen LogP contribution in [0.25, 0.3) is 0 Å². The van der Waals surface area contributed by atoms with Crippen molar-refractivity contribution in [2.24, 2.45) is 11.8 Å². The van der Waals surface area contributed by atoms with E-state index < -0.39 is 18.2 Å². The van der Waals surface area contributed by atoms with Crippen LogP contribution in [-0.4, -0.2) is 39.3 Å². The number of aliphatic hydroxyl groups is 2. The third-order valence-corrected chi connectivity index (χ3v) is 4.72. The molecule has 0 aliphatic heterocycles. The van der Waals surface area contributed by atoms with Crippen LogP contribution in [0.2, 0.25) is 0 Å². The number of hydrogen-bond acceptors (Lipinski definition) is 4. The van der Waals surface area contributed by atoms with Crippen molar-refractivity contribution in [3.05, 3.63) is 24.3 Å². The smallest absolute Gasteiger partial charge is 0.303 e. The Morgan fingerprint density at radius 3 is 2.64 bits per heavy atom. The minimum absolute atomic E-state index is 0.0908. The number of carboxylic acids is 1. The van der Waals surface area contributed by atoms with Gasteiger partial charge in [0.15, 0.2) is 0 Å². The molecule has 1 aliphatic carbocycles. The molecule has 0 bridgehead atoms. The molecule has 0 amide bonds. The Labute approximate surface area is 150 Å². The average Bonchev–Trinajstić information content (AvgIpc) is 2.82. The summed E-state index contributed by atoms with van der Waals surface area (Å²) < 4.78 is 0. The van der Waals surface area contributed by atoms with Crippen molar-refractivity contribution in [3.8, 4) is 0 Å². The van der Waals surface area contributed by atoms with Gasteiger partial charge in [-0.2, -0.15) is 0 Å². The lowest BCUT2D eigenvalue weighted by Gasteiger charge is -2.18. The van der Waals surface area contributed by atoms with Crippen LogP contribution in [0, 0.1) is 11.8 Å². The van der Waals surface area contributed by atoms with Crippen LogP contribution in [-0.2, 0) is 9.59 Å². The summed E-state index contributed by atoms with van der Waals surface area (Å²) in [6, 6.07) is 0. The van der Waals surface area contributed by atoms with E-state index >= 15 is 0 Å². The van der Waals surface area contributed by atoms with E-state index in [0.717, 1.165) is 25.7 Å². The number of ketones is 1. The summed E-state index contributed by atoms with van der Waals surface area (Å²) in [4.78, 5) is 22.6. The molecule has 3 N–H and O–H groups in total. The van der Waals surface area contributed by atoms with E-state index in [4.69, 9.17) is 5.11 Å². The lowest BCUT2D eigenvalue weighted by molar-refractivity contribution is -0.137. The first-order chi connectivity index (χ1) is 12.0. The molecule has 0 heterocycles. The zero-order valence-corrected chi connectivity index (χ0v) is 15.1. The number of carbonyl (C=O) groups excluding carboxylic acids is 1. The fourth-order valence-corrected chi connectivity index (χ4v) is 3.32. The van der Waals surface area contributed by atoms with Gasteiger partial charge in [0.25, 0.3) is 0 Å². The lowest BCUT2D eigenvalue weighted by atomic mass is 9.88.